The van der Waals surface area contributed by atoms with Gasteiger partial charge in [-0.05, 0) is 43.5 Å². The van der Waals surface area contributed by atoms with Crippen molar-refractivity contribution < 1.29 is 14.3 Å². The normalized spacial score (nSPS) is 15.2. The molecule has 1 fully saturated rings. The summed E-state index contributed by atoms with van der Waals surface area (Å²) in [5.74, 6) is -0.127. The summed E-state index contributed by atoms with van der Waals surface area (Å²) in [6.07, 6.45) is 7.84. The molecule has 0 bridgehead atoms. The van der Waals surface area contributed by atoms with E-state index in [-0.39, 0.29) is 24.5 Å². The Hall–Kier alpha value is -1.39. The number of amides is 1. The SMILES string of the molecule is O=C(CCC(=O)c1ccc(Cl)cc1)NCCCOC1CCCCC1. The fourth-order valence-electron chi connectivity index (χ4n) is 2.88. The first-order valence-electron chi connectivity index (χ1n) is 8.82. The van der Waals surface area contributed by atoms with Gasteiger partial charge in [0.05, 0.1) is 6.10 Å². The first-order valence-corrected chi connectivity index (χ1v) is 9.20. The highest BCUT2D eigenvalue weighted by Crippen LogP contribution is 2.20. The van der Waals surface area contributed by atoms with E-state index in [0.717, 1.165) is 6.42 Å². The van der Waals surface area contributed by atoms with Gasteiger partial charge in [-0.3, -0.25) is 9.59 Å². The van der Waals surface area contributed by atoms with Crippen LogP contribution in [0, 0.1) is 0 Å². The van der Waals surface area contributed by atoms with Gasteiger partial charge in [0.1, 0.15) is 0 Å². The number of carbonyl (C=O) groups is 2. The molecule has 1 amide bonds. The van der Waals surface area contributed by atoms with Crippen LogP contribution in [0.15, 0.2) is 24.3 Å². The third-order valence-corrected chi connectivity index (χ3v) is 4.55. The number of hydrogen-bond donors (Lipinski definition) is 1. The summed E-state index contributed by atoms with van der Waals surface area (Å²) in [6.45, 7) is 1.29. The fourth-order valence-corrected chi connectivity index (χ4v) is 3.00. The van der Waals surface area contributed by atoms with Gasteiger partial charge in [-0.25, -0.2) is 0 Å². The lowest BCUT2D eigenvalue weighted by Gasteiger charge is -2.21. The summed E-state index contributed by atoms with van der Waals surface area (Å²) in [5.41, 5.74) is 0.591. The van der Waals surface area contributed by atoms with E-state index in [1.807, 2.05) is 0 Å². The molecule has 2 rings (SSSR count). The molecule has 1 aromatic carbocycles. The fraction of sp³-hybridized carbons (Fsp3) is 0.579. The Bertz CT molecular complexity index is 524. The maximum atomic E-state index is 12.0. The second-order valence-corrected chi connectivity index (χ2v) is 6.70. The lowest BCUT2D eigenvalue weighted by atomic mass is 9.98. The molecule has 1 aliphatic rings. The van der Waals surface area contributed by atoms with Crippen LogP contribution in [0.3, 0.4) is 0 Å². The Labute approximate surface area is 148 Å². The van der Waals surface area contributed by atoms with Crippen molar-refractivity contribution in [3.63, 3.8) is 0 Å². The van der Waals surface area contributed by atoms with Crippen LogP contribution < -0.4 is 5.32 Å². The molecule has 4 nitrogen and oxygen atoms in total. The molecule has 1 aromatic rings. The number of hydrogen-bond acceptors (Lipinski definition) is 3. The number of ketones is 1. The molecule has 0 atom stereocenters. The molecule has 1 aliphatic carbocycles. The van der Waals surface area contributed by atoms with E-state index < -0.39 is 0 Å². The van der Waals surface area contributed by atoms with Gasteiger partial charge in [0.15, 0.2) is 5.78 Å². The van der Waals surface area contributed by atoms with Crippen LogP contribution in [0.25, 0.3) is 0 Å². The summed E-state index contributed by atoms with van der Waals surface area (Å²) in [5, 5.41) is 3.44. The molecule has 0 aliphatic heterocycles. The second kappa shape index (κ2) is 10.5. The molecule has 24 heavy (non-hydrogen) atoms. The summed E-state index contributed by atoms with van der Waals surface area (Å²) >= 11 is 5.79. The number of ether oxygens (including phenoxy) is 1. The van der Waals surface area contributed by atoms with Crippen molar-refractivity contribution in [2.45, 2.75) is 57.5 Å². The molecule has 0 saturated heterocycles. The quantitative estimate of drug-likeness (QED) is 0.537. The molecule has 0 spiro atoms. The van der Waals surface area contributed by atoms with E-state index in [2.05, 4.69) is 5.32 Å². The molecule has 0 unspecified atom stereocenters. The lowest BCUT2D eigenvalue weighted by Crippen LogP contribution is -2.26. The molecule has 0 heterocycles. The molecule has 5 heteroatoms. The zero-order valence-electron chi connectivity index (χ0n) is 14.1. The molecule has 1 N–H and O–H groups in total. The van der Waals surface area contributed by atoms with Crippen LogP contribution in [0.4, 0.5) is 0 Å². The van der Waals surface area contributed by atoms with Gasteiger partial charge < -0.3 is 10.1 Å². The molecule has 1 saturated carbocycles. The zero-order chi connectivity index (χ0) is 17.2. The first-order chi connectivity index (χ1) is 11.6. The maximum Gasteiger partial charge on any atom is 0.220 e. The minimum Gasteiger partial charge on any atom is -0.378 e. The minimum absolute atomic E-state index is 0.0394. The molecule has 0 radical (unpaired) electrons. The standard InChI is InChI=1S/C19H26ClNO3/c20-16-9-7-15(8-10-16)18(22)11-12-19(23)21-13-4-14-24-17-5-2-1-3-6-17/h7-10,17H,1-6,11-14H2,(H,21,23). The number of nitrogens with one attached hydrogen (secondary N) is 1. The highest BCUT2D eigenvalue weighted by molar-refractivity contribution is 6.30. The first kappa shape index (κ1) is 18.9. The Morgan fingerprint density at radius 2 is 1.79 bits per heavy atom. The Morgan fingerprint density at radius 1 is 1.08 bits per heavy atom. The van der Waals surface area contributed by atoms with E-state index >= 15 is 0 Å². The van der Waals surface area contributed by atoms with Gasteiger partial charge in [0.2, 0.25) is 5.91 Å². The predicted molar refractivity (Wildman–Crippen MR) is 95.5 cm³/mol. The molecular weight excluding hydrogens is 326 g/mol. The van der Waals surface area contributed by atoms with Crippen LogP contribution >= 0.6 is 11.6 Å². The summed E-state index contributed by atoms with van der Waals surface area (Å²) < 4.78 is 5.81. The van der Waals surface area contributed by atoms with Crippen molar-refractivity contribution in [3.05, 3.63) is 34.9 Å². The highest BCUT2D eigenvalue weighted by atomic mass is 35.5. The van der Waals surface area contributed by atoms with E-state index in [1.165, 1.54) is 32.1 Å². The van der Waals surface area contributed by atoms with Crippen molar-refractivity contribution in [2.24, 2.45) is 0 Å². The number of benzene rings is 1. The number of halogens is 1. The zero-order valence-corrected chi connectivity index (χ0v) is 14.8. The van der Waals surface area contributed by atoms with Crippen LogP contribution in [0.5, 0.6) is 0 Å². The van der Waals surface area contributed by atoms with Crippen molar-refractivity contribution in [1.29, 1.82) is 0 Å². The van der Waals surface area contributed by atoms with Gasteiger partial charge in [-0.1, -0.05) is 30.9 Å². The summed E-state index contributed by atoms with van der Waals surface area (Å²) in [7, 11) is 0. The minimum atomic E-state index is -0.0880. The Kier molecular flexibility index (Phi) is 8.26. The third kappa shape index (κ3) is 7.02. The van der Waals surface area contributed by atoms with Crippen molar-refractivity contribution in [3.8, 4) is 0 Å². The molecule has 0 aromatic heterocycles. The van der Waals surface area contributed by atoms with Crippen LogP contribution in [-0.2, 0) is 9.53 Å². The van der Waals surface area contributed by atoms with E-state index in [9.17, 15) is 9.59 Å². The number of carbonyl (C=O) groups excluding carboxylic acids is 2. The molecular formula is C19H26ClNO3. The number of Topliss-reactive ketones (excluding diaryl/α,β-unsaturated/α-hetero) is 1. The predicted octanol–water partition coefficient (Wildman–Crippen LogP) is 4.16. The van der Waals surface area contributed by atoms with E-state index in [4.69, 9.17) is 16.3 Å². The van der Waals surface area contributed by atoms with Crippen molar-refractivity contribution >= 4 is 23.3 Å². The van der Waals surface area contributed by atoms with Crippen molar-refractivity contribution in [1.82, 2.24) is 5.32 Å². The average molecular weight is 352 g/mol. The summed E-state index contributed by atoms with van der Waals surface area (Å²) in [6, 6.07) is 6.73. The van der Waals surface area contributed by atoms with Crippen LogP contribution in [0.1, 0.15) is 61.7 Å². The molecule has 132 valence electrons. The van der Waals surface area contributed by atoms with Gasteiger partial charge in [0, 0.05) is 36.6 Å². The van der Waals surface area contributed by atoms with Crippen molar-refractivity contribution in [2.75, 3.05) is 13.2 Å². The van der Waals surface area contributed by atoms with Gasteiger partial charge >= 0.3 is 0 Å². The lowest BCUT2D eigenvalue weighted by molar-refractivity contribution is -0.121. The van der Waals surface area contributed by atoms with E-state index in [0.29, 0.717) is 29.8 Å². The van der Waals surface area contributed by atoms with Crippen LogP contribution in [0.2, 0.25) is 5.02 Å². The average Bonchev–Trinajstić information content (AvgIpc) is 2.61. The second-order valence-electron chi connectivity index (χ2n) is 6.26. The van der Waals surface area contributed by atoms with Gasteiger partial charge in [-0.2, -0.15) is 0 Å². The maximum absolute atomic E-state index is 12.0. The third-order valence-electron chi connectivity index (χ3n) is 4.29. The smallest absolute Gasteiger partial charge is 0.220 e. The number of rotatable bonds is 9. The highest BCUT2D eigenvalue weighted by Gasteiger charge is 2.13. The monoisotopic (exact) mass is 351 g/mol. The van der Waals surface area contributed by atoms with Gasteiger partial charge in [0.25, 0.3) is 0 Å². The van der Waals surface area contributed by atoms with Gasteiger partial charge in [-0.15, -0.1) is 0 Å². The Morgan fingerprint density at radius 3 is 2.50 bits per heavy atom. The topological polar surface area (TPSA) is 55.4 Å². The Balaban J connectivity index is 1.53. The summed E-state index contributed by atoms with van der Waals surface area (Å²) in [4.78, 5) is 23.7. The van der Waals surface area contributed by atoms with Crippen LogP contribution in [-0.4, -0.2) is 30.9 Å². The largest absolute Gasteiger partial charge is 0.378 e. The van der Waals surface area contributed by atoms with E-state index in [1.54, 1.807) is 24.3 Å².